The van der Waals surface area contributed by atoms with Gasteiger partial charge in [-0.25, -0.2) is 0 Å². The van der Waals surface area contributed by atoms with Gasteiger partial charge in [0.2, 0.25) is 0 Å². The van der Waals surface area contributed by atoms with Crippen LogP contribution in [0, 0.1) is 27.4 Å². The number of anilines is 1. The maximum atomic E-state index is 11.2. The molecule has 1 heterocycles. The highest BCUT2D eigenvalue weighted by Gasteiger charge is 2.24. The summed E-state index contributed by atoms with van der Waals surface area (Å²) in [4.78, 5) is 12.8. The molecule has 1 fully saturated rings. The Balaban J connectivity index is 2.17. The second kappa shape index (κ2) is 6.35. The van der Waals surface area contributed by atoms with Gasteiger partial charge in [0.05, 0.1) is 16.6 Å². The van der Waals surface area contributed by atoms with E-state index in [1.807, 2.05) is 18.0 Å². The summed E-state index contributed by atoms with van der Waals surface area (Å²) in [5.74, 6) is 0.633. The summed E-state index contributed by atoms with van der Waals surface area (Å²) in [6.45, 7) is 2.63. The summed E-state index contributed by atoms with van der Waals surface area (Å²) in [6, 6.07) is 6.63. The molecule has 20 heavy (non-hydrogen) atoms. The maximum absolute atomic E-state index is 11.2. The van der Waals surface area contributed by atoms with Crippen LogP contribution in [0.3, 0.4) is 0 Å². The molecular weight excluding hydrogens is 256 g/mol. The Kier molecular flexibility index (Phi) is 4.53. The summed E-state index contributed by atoms with van der Waals surface area (Å²) in [7, 11) is 1.94. The largest absolute Gasteiger partial charge is 0.366 e. The summed E-state index contributed by atoms with van der Waals surface area (Å²) in [5.41, 5.74) is 0.971. The monoisotopic (exact) mass is 274 g/mol. The van der Waals surface area contributed by atoms with E-state index in [0.29, 0.717) is 17.2 Å². The van der Waals surface area contributed by atoms with Crippen molar-refractivity contribution in [1.82, 2.24) is 5.32 Å². The van der Waals surface area contributed by atoms with Gasteiger partial charge in [0.1, 0.15) is 5.69 Å². The highest BCUT2D eigenvalue weighted by molar-refractivity contribution is 5.65. The number of piperidine rings is 1. The Bertz CT molecular complexity index is 530. The number of nitro groups is 1. The lowest BCUT2D eigenvalue weighted by Gasteiger charge is -2.33. The number of hydrogen-bond donors (Lipinski definition) is 1. The molecule has 0 aromatic heterocycles. The van der Waals surface area contributed by atoms with Crippen LogP contribution in [-0.4, -0.2) is 31.6 Å². The molecule has 0 amide bonds. The number of nitrogens with zero attached hydrogens (tertiary/aromatic N) is 3. The highest BCUT2D eigenvalue weighted by Crippen LogP contribution is 2.32. The Morgan fingerprint density at radius 3 is 2.75 bits per heavy atom. The molecule has 6 heteroatoms. The molecule has 1 N–H and O–H groups in total. The van der Waals surface area contributed by atoms with Crippen LogP contribution in [0.5, 0.6) is 0 Å². The molecule has 1 aliphatic rings. The first kappa shape index (κ1) is 14.3. The van der Waals surface area contributed by atoms with Gasteiger partial charge in [0.15, 0.2) is 0 Å². The Labute approximate surface area is 118 Å². The standard InChI is InChI=1S/C14H18N4O2/c1-16-10-11-4-6-17(7-5-11)13-3-2-12(9-15)8-14(13)18(19)20/h2-3,8,11,16H,4-7,10H2,1H3. The first-order chi connectivity index (χ1) is 9.65. The molecule has 1 aromatic carbocycles. The van der Waals surface area contributed by atoms with E-state index in [9.17, 15) is 10.1 Å². The molecule has 2 rings (SSSR count). The molecule has 0 atom stereocenters. The highest BCUT2D eigenvalue weighted by atomic mass is 16.6. The van der Waals surface area contributed by atoms with Crippen molar-refractivity contribution < 1.29 is 4.92 Å². The predicted molar refractivity (Wildman–Crippen MR) is 76.7 cm³/mol. The van der Waals surface area contributed by atoms with Gasteiger partial charge in [-0.05, 0) is 44.5 Å². The SMILES string of the molecule is CNCC1CCN(c2ccc(C#N)cc2[N+](=O)[O-])CC1. The lowest BCUT2D eigenvalue weighted by Crippen LogP contribution is -2.37. The minimum atomic E-state index is -0.407. The zero-order valence-electron chi connectivity index (χ0n) is 11.5. The van der Waals surface area contributed by atoms with E-state index < -0.39 is 4.92 Å². The number of nitro benzene ring substituents is 1. The molecule has 0 saturated carbocycles. The van der Waals surface area contributed by atoms with Crippen molar-refractivity contribution in [3.8, 4) is 6.07 Å². The van der Waals surface area contributed by atoms with Gasteiger partial charge >= 0.3 is 0 Å². The normalized spacial score (nSPS) is 15.9. The fraction of sp³-hybridized carbons (Fsp3) is 0.500. The second-order valence-electron chi connectivity index (χ2n) is 5.06. The van der Waals surface area contributed by atoms with Crippen LogP contribution >= 0.6 is 0 Å². The molecule has 1 aliphatic heterocycles. The first-order valence-electron chi connectivity index (χ1n) is 6.73. The number of rotatable bonds is 4. The lowest BCUT2D eigenvalue weighted by atomic mass is 9.96. The van der Waals surface area contributed by atoms with E-state index in [1.54, 1.807) is 12.1 Å². The quantitative estimate of drug-likeness (QED) is 0.670. The van der Waals surface area contributed by atoms with Gasteiger partial charge in [-0.1, -0.05) is 0 Å². The van der Waals surface area contributed by atoms with Crippen LogP contribution in [0.25, 0.3) is 0 Å². The van der Waals surface area contributed by atoms with Crippen molar-refractivity contribution in [3.05, 3.63) is 33.9 Å². The number of hydrogen-bond acceptors (Lipinski definition) is 5. The zero-order chi connectivity index (χ0) is 14.5. The van der Waals surface area contributed by atoms with E-state index >= 15 is 0 Å². The molecule has 0 unspecified atom stereocenters. The topological polar surface area (TPSA) is 82.2 Å². The van der Waals surface area contributed by atoms with Crippen molar-refractivity contribution >= 4 is 11.4 Å². The van der Waals surface area contributed by atoms with Gasteiger partial charge in [-0.2, -0.15) is 5.26 Å². The molecule has 1 aromatic rings. The molecule has 0 bridgehead atoms. The summed E-state index contributed by atoms with van der Waals surface area (Å²) >= 11 is 0. The minimum absolute atomic E-state index is 0.0242. The number of nitriles is 1. The molecule has 1 saturated heterocycles. The van der Waals surface area contributed by atoms with Gasteiger partial charge in [-0.3, -0.25) is 10.1 Å². The van der Waals surface area contributed by atoms with Crippen LogP contribution in [0.15, 0.2) is 18.2 Å². The molecule has 0 radical (unpaired) electrons. The molecule has 6 nitrogen and oxygen atoms in total. The van der Waals surface area contributed by atoms with Crippen LogP contribution in [0.4, 0.5) is 11.4 Å². The Morgan fingerprint density at radius 2 is 2.20 bits per heavy atom. The van der Waals surface area contributed by atoms with Gasteiger partial charge in [-0.15, -0.1) is 0 Å². The van der Waals surface area contributed by atoms with Crippen LogP contribution in [0.1, 0.15) is 18.4 Å². The van der Waals surface area contributed by atoms with Crippen molar-refractivity contribution in [3.63, 3.8) is 0 Å². The van der Waals surface area contributed by atoms with Gasteiger partial charge in [0.25, 0.3) is 5.69 Å². The molecule has 0 spiro atoms. The van der Waals surface area contributed by atoms with Crippen molar-refractivity contribution in [2.75, 3.05) is 31.6 Å². The van der Waals surface area contributed by atoms with E-state index in [1.165, 1.54) is 6.07 Å². The maximum Gasteiger partial charge on any atom is 0.293 e. The minimum Gasteiger partial charge on any atom is -0.366 e. The number of benzene rings is 1. The summed E-state index contributed by atoms with van der Waals surface area (Å²) < 4.78 is 0. The van der Waals surface area contributed by atoms with Crippen LogP contribution in [0.2, 0.25) is 0 Å². The lowest BCUT2D eigenvalue weighted by molar-refractivity contribution is -0.384. The van der Waals surface area contributed by atoms with E-state index in [2.05, 4.69) is 5.32 Å². The van der Waals surface area contributed by atoms with Crippen molar-refractivity contribution in [2.24, 2.45) is 5.92 Å². The molecular formula is C14H18N4O2. The zero-order valence-corrected chi connectivity index (χ0v) is 11.5. The Hall–Kier alpha value is -2.13. The Morgan fingerprint density at radius 1 is 1.50 bits per heavy atom. The third-order valence-corrected chi connectivity index (χ3v) is 3.75. The van der Waals surface area contributed by atoms with E-state index in [4.69, 9.17) is 5.26 Å². The third kappa shape index (κ3) is 3.06. The molecule has 0 aliphatic carbocycles. The van der Waals surface area contributed by atoms with Crippen molar-refractivity contribution in [1.29, 1.82) is 5.26 Å². The predicted octanol–water partition coefficient (Wildman–Crippen LogP) is 1.90. The third-order valence-electron chi connectivity index (χ3n) is 3.75. The fourth-order valence-corrected chi connectivity index (χ4v) is 2.67. The summed E-state index contributed by atoms with van der Waals surface area (Å²) in [6.07, 6.45) is 2.05. The smallest absolute Gasteiger partial charge is 0.293 e. The van der Waals surface area contributed by atoms with Gasteiger partial charge < -0.3 is 10.2 Å². The van der Waals surface area contributed by atoms with E-state index in [-0.39, 0.29) is 5.69 Å². The summed E-state index contributed by atoms with van der Waals surface area (Å²) in [5, 5.41) is 23.2. The second-order valence-corrected chi connectivity index (χ2v) is 5.06. The molecule has 106 valence electrons. The average molecular weight is 274 g/mol. The fourth-order valence-electron chi connectivity index (χ4n) is 2.67. The van der Waals surface area contributed by atoms with Crippen LogP contribution < -0.4 is 10.2 Å². The van der Waals surface area contributed by atoms with Crippen molar-refractivity contribution in [2.45, 2.75) is 12.8 Å². The average Bonchev–Trinajstić information content (AvgIpc) is 2.48. The van der Waals surface area contributed by atoms with Gasteiger partial charge in [0, 0.05) is 19.2 Å². The van der Waals surface area contributed by atoms with Crippen LogP contribution in [-0.2, 0) is 0 Å². The first-order valence-corrected chi connectivity index (χ1v) is 6.73. The number of nitrogens with one attached hydrogen (secondary N) is 1. The van der Waals surface area contributed by atoms with E-state index in [0.717, 1.165) is 32.5 Å².